The second-order valence-corrected chi connectivity index (χ2v) is 14.1. The summed E-state index contributed by atoms with van der Waals surface area (Å²) in [5, 5.41) is 28.6. The number of nitrogens with zero attached hydrogens (tertiary/aromatic N) is 3. The third kappa shape index (κ3) is 6.01. The van der Waals surface area contributed by atoms with Crippen LogP contribution in [-0.4, -0.2) is 25.3 Å². The molecule has 3 aromatic carbocycles. The van der Waals surface area contributed by atoms with Crippen LogP contribution in [0.5, 0.6) is 11.5 Å². The Morgan fingerprint density at radius 2 is 1.22 bits per heavy atom. The fourth-order valence-electron chi connectivity index (χ4n) is 5.73. The van der Waals surface area contributed by atoms with E-state index in [0.717, 1.165) is 80.6 Å². The van der Waals surface area contributed by atoms with Crippen LogP contribution in [0.4, 0.5) is 17.1 Å². The number of fused-ring (bicyclic) bond motifs is 3. The molecule has 7 nitrogen and oxygen atoms in total. The van der Waals surface area contributed by atoms with Crippen LogP contribution >= 0.6 is 34.0 Å². The van der Waals surface area contributed by atoms with Crippen molar-refractivity contribution in [3.63, 3.8) is 0 Å². The zero-order valence-electron chi connectivity index (χ0n) is 26.1. The van der Waals surface area contributed by atoms with E-state index < -0.39 is 5.97 Å². The molecule has 0 bridgehead atoms. The van der Waals surface area contributed by atoms with Crippen molar-refractivity contribution in [1.29, 1.82) is 10.5 Å². The van der Waals surface area contributed by atoms with Crippen LogP contribution in [0.15, 0.2) is 109 Å². The van der Waals surface area contributed by atoms with Gasteiger partial charge in [0.25, 0.3) is 0 Å². The maximum atomic E-state index is 11.1. The van der Waals surface area contributed by atoms with E-state index in [1.165, 1.54) is 11.3 Å². The number of methoxy groups -OCH3 is 2. The third-order valence-corrected chi connectivity index (χ3v) is 11.7. The van der Waals surface area contributed by atoms with Gasteiger partial charge in [0.1, 0.15) is 29.2 Å². The van der Waals surface area contributed by atoms with Crippen LogP contribution in [0.1, 0.15) is 16.0 Å². The first-order valence-electron chi connectivity index (χ1n) is 14.9. The van der Waals surface area contributed by atoms with Gasteiger partial charge in [-0.15, -0.1) is 34.0 Å². The van der Waals surface area contributed by atoms with Gasteiger partial charge in [-0.25, -0.2) is 4.79 Å². The summed E-state index contributed by atoms with van der Waals surface area (Å²) in [6.45, 7) is 0. The van der Waals surface area contributed by atoms with E-state index >= 15 is 0 Å². The lowest BCUT2D eigenvalue weighted by atomic mass is 10.0. The molecule has 0 atom stereocenters. The summed E-state index contributed by atoms with van der Waals surface area (Å²) in [6, 6.07) is 36.6. The van der Waals surface area contributed by atoms with Crippen molar-refractivity contribution in [2.45, 2.75) is 0 Å². The van der Waals surface area contributed by atoms with Crippen molar-refractivity contribution in [2.24, 2.45) is 0 Å². The van der Waals surface area contributed by atoms with Crippen LogP contribution in [0, 0.1) is 22.7 Å². The standard InChI is InChI=1S/C39H25N3O4S3/c1-45-28-11-7-26(8-12-28)42(27-9-13-29(46-2)14-10-27)25-5-3-23(4-6-25)33-16-17-34(48-33)35-20-32-37(24(21-40)22-41)31-19-30(15-18-36(43)44)47-38(31)39(32)49-35/h3-20H,1-2H3,(H,43,44)/b18-15+. The number of nitriles is 2. The van der Waals surface area contributed by atoms with Gasteiger partial charge in [-0.3, -0.25) is 0 Å². The molecule has 0 radical (unpaired) electrons. The molecule has 3 heterocycles. The summed E-state index contributed by atoms with van der Waals surface area (Å²) in [5.41, 5.74) is 6.38. The van der Waals surface area contributed by atoms with Crippen molar-refractivity contribution in [1.82, 2.24) is 0 Å². The molecule has 0 saturated carbocycles. The Hall–Kier alpha value is -5.91. The number of rotatable bonds is 9. The predicted molar refractivity (Wildman–Crippen MR) is 198 cm³/mol. The molecule has 1 aliphatic rings. The monoisotopic (exact) mass is 695 g/mol. The third-order valence-electron chi connectivity index (χ3n) is 8.01. The Kier molecular flexibility index (Phi) is 8.60. The second-order valence-electron chi connectivity index (χ2n) is 10.8. The number of carboxylic acids is 1. The van der Waals surface area contributed by atoms with Gasteiger partial charge in [0.2, 0.25) is 0 Å². The number of anilines is 3. The van der Waals surface area contributed by atoms with Crippen molar-refractivity contribution in [3.8, 4) is 53.6 Å². The maximum absolute atomic E-state index is 11.1. The summed E-state index contributed by atoms with van der Waals surface area (Å²) in [7, 11) is 3.31. The van der Waals surface area contributed by atoms with Gasteiger partial charge in [-0.2, -0.15) is 10.5 Å². The normalized spacial score (nSPS) is 11.5. The van der Waals surface area contributed by atoms with Gasteiger partial charge >= 0.3 is 5.97 Å². The van der Waals surface area contributed by atoms with Crippen LogP contribution in [-0.2, 0) is 4.79 Å². The van der Waals surface area contributed by atoms with Crippen LogP contribution in [0.2, 0.25) is 0 Å². The van der Waals surface area contributed by atoms with Gasteiger partial charge in [0.15, 0.2) is 0 Å². The number of allylic oxidation sites excluding steroid dienone is 1. The Balaban J connectivity index is 1.21. The SMILES string of the molecule is COc1ccc(N(c2ccc(OC)cc2)c2ccc(-c3ccc(-c4cc5c(s4)-c4sc(/C=C/C(=O)O)cc4C5=C(C#N)C#N)s3)cc2)cc1. The molecular weight excluding hydrogens is 671 g/mol. The Morgan fingerprint density at radius 3 is 1.78 bits per heavy atom. The van der Waals surface area contributed by atoms with E-state index in [1.54, 1.807) is 43.0 Å². The van der Waals surface area contributed by atoms with E-state index in [1.807, 2.05) is 54.6 Å². The molecule has 0 amide bonds. The maximum Gasteiger partial charge on any atom is 0.328 e. The van der Waals surface area contributed by atoms with Crippen molar-refractivity contribution >= 4 is 68.7 Å². The number of carbonyl (C=O) groups is 1. The minimum atomic E-state index is -1.03. The van der Waals surface area contributed by atoms with Gasteiger partial charge in [-0.05, 0) is 96.6 Å². The van der Waals surface area contributed by atoms with Gasteiger partial charge in [-0.1, -0.05) is 12.1 Å². The molecule has 0 saturated heterocycles. The topological polar surface area (TPSA) is 107 Å². The lowest BCUT2D eigenvalue weighted by Gasteiger charge is -2.26. The van der Waals surface area contributed by atoms with E-state index in [-0.39, 0.29) is 5.57 Å². The molecule has 6 aromatic rings. The number of aliphatic carboxylic acids is 1. The molecular formula is C39H25N3O4S3. The summed E-state index contributed by atoms with van der Waals surface area (Å²) < 4.78 is 10.8. The van der Waals surface area contributed by atoms with E-state index in [0.29, 0.717) is 5.57 Å². The van der Waals surface area contributed by atoms with E-state index in [2.05, 4.69) is 59.5 Å². The highest BCUT2D eigenvalue weighted by Crippen LogP contribution is 2.55. The van der Waals surface area contributed by atoms with Gasteiger partial charge in [0, 0.05) is 59.3 Å². The molecule has 10 heteroatoms. The smallest absolute Gasteiger partial charge is 0.328 e. The highest BCUT2D eigenvalue weighted by Gasteiger charge is 2.32. The zero-order chi connectivity index (χ0) is 34.1. The van der Waals surface area contributed by atoms with Crippen LogP contribution in [0.3, 0.4) is 0 Å². The minimum Gasteiger partial charge on any atom is -0.497 e. The number of carboxylic acid groups (broad SMARTS) is 1. The largest absolute Gasteiger partial charge is 0.497 e. The Bertz CT molecular complexity index is 2280. The summed E-state index contributed by atoms with van der Waals surface area (Å²) in [4.78, 5) is 19.2. The predicted octanol–water partition coefficient (Wildman–Crippen LogP) is 10.6. The quantitative estimate of drug-likeness (QED) is 0.118. The first kappa shape index (κ1) is 31.7. The molecule has 49 heavy (non-hydrogen) atoms. The number of ether oxygens (including phenoxy) is 2. The van der Waals surface area contributed by atoms with Crippen molar-refractivity contribution in [3.05, 3.63) is 125 Å². The number of hydrogen-bond donors (Lipinski definition) is 1. The highest BCUT2D eigenvalue weighted by molar-refractivity contribution is 7.28. The highest BCUT2D eigenvalue weighted by atomic mass is 32.1. The van der Waals surface area contributed by atoms with Crippen molar-refractivity contribution in [2.75, 3.05) is 19.1 Å². The van der Waals surface area contributed by atoms with Crippen LogP contribution < -0.4 is 14.4 Å². The lowest BCUT2D eigenvalue weighted by molar-refractivity contribution is -0.131. The fourth-order valence-corrected chi connectivity index (χ4v) is 9.21. The molecule has 7 rings (SSSR count). The zero-order valence-corrected chi connectivity index (χ0v) is 28.6. The lowest BCUT2D eigenvalue weighted by Crippen LogP contribution is -2.09. The van der Waals surface area contributed by atoms with Crippen molar-refractivity contribution < 1.29 is 19.4 Å². The summed E-state index contributed by atoms with van der Waals surface area (Å²) in [6.07, 6.45) is 2.63. The molecule has 238 valence electrons. The second kappa shape index (κ2) is 13.3. The molecule has 1 aliphatic carbocycles. The minimum absolute atomic E-state index is 0.0428. The molecule has 0 fully saturated rings. The number of thiophene rings is 3. The molecule has 0 unspecified atom stereocenters. The van der Waals surface area contributed by atoms with Gasteiger partial charge < -0.3 is 19.5 Å². The first-order chi connectivity index (χ1) is 23.9. The Morgan fingerprint density at radius 1 is 0.694 bits per heavy atom. The number of benzene rings is 3. The summed E-state index contributed by atoms with van der Waals surface area (Å²) >= 11 is 4.75. The van der Waals surface area contributed by atoms with E-state index in [9.17, 15) is 15.3 Å². The average molecular weight is 696 g/mol. The molecule has 1 N–H and O–H groups in total. The number of hydrogen-bond acceptors (Lipinski definition) is 9. The first-order valence-corrected chi connectivity index (χ1v) is 17.4. The molecule has 0 aliphatic heterocycles. The molecule has 3 aromatic heterocycles. The van der Waals surface area contributed by atoms with Gasteiger partial charge in [0.05, 0.1) is 24.0 Å². The molecule has 0 spiro atoms. The Labute approximate surface area is 294 Å². The summed E-state index contributed by atoms with van der Waals surface area (Å²) in [5.74, 6) is 0.539. The fraction of sp³-hybridized carbons (Fsp3) is 0.0513. The van der Waals surface area contributed by atoms with E-state index in [4.69, 9.17) is 14.6 Å². The average Bonchev–Trinajstić information content (AvgIpc) is 3.92. The van der Waals surface area contributed by atoms with Crippen LogP contribution in [0.25, 0.3) is 41.6 Å².